The fourth-order valence-electron chi connectivity index (χ4n) is 3.71. The molecule has 0 bridgehead atoms. The van der Waals surface area contributed by atoms with Gasteiger partial charge in [-0.2, -0.15) is 0 Å². The molecule has 0 saturated carbocycles. The molecule has 23 heavy (non-hydrogen) atoms. The molecule has 0 aliphatic carbocycles. The number of amides is 1. The Kier molecular flexibility index (Phi) is 4.51. The Balaban J connectivity index is 1.93. The third-order valence-corrected chi connectivity index (χ3v) is 4.91. The highest BCUT2D eigenvalue weighted by Gasteiger charge is 2.31. The van der Waals surface area contributed by atoms with Gasteiger partial charge in [-0.25, -0.2) is 0 Å². The molecule has 1 aliphatic rings. The molecule has 4 nitrogen and oxygen atoms in total. The Morgan fingerprint density at radius 1 is 1.30 bits per heavy atom. The molecule has 0 N–H and O–H groups in total. The van der Waals surface area contributed by atoms with Gasteiger partial charge in [0, 0.05) is 30.7 Å². The van der Waals surface area contributed by atoms with Gasteiger partial charge in [0.05, 0.1) is 17.3 Å². The van der Waals surface area contributed by atoms with Crippen LogP contribution in [-0.2, 0) is 6.54 Å². The summed E-state index contributed by atoms with van der Waals surface area (Å²) in [7, 11) is 0. The van der Waals surface area contributed by atoms with Crippen molar-refractivity contribution in [2.75, 3.05) is 6.54 Å². The lowest BCUT2D eigenvalue weighted by Crippen LogP contribution is -2.39. The smallest absolute Gasteiger partial charge is 0.256 e. The average molecular weight is 311 g/mol. The van der Waals surface area contributed by atoms with Crippen molar-refractivity contribution in [1.82, 2.24) is 14.5 Å². The number of rotatable bonds is 3. The second-order valence-corrected chi connectivity index (χ2v) is 6.29. The number of carbonyl (C=O) groups is 1. The van der Waals surface area contributed by atoms with Crippen LogP contribution < -0.4 is 0 Å². The van der Waals surface area contributed by atoms with Gasteiger partial charge < -0.3 is 9.47 Å². The van der Waals surface area contributed by atoms with Gasteiger partial charge in [0.1, 0.15) is 0 Å². The maximum atomic E-state index is 13.2. The number of nitrogens with zero attached hydrogens (tertiary/aromatic N) is 3. The molecule has 2 aromatic heterocycles. The fraction of sp³-hybridized carbons (Fsp3) is 0.474. The molecular formula is C19H25N3O. The molecule has 0 spiro atoms. The highest BCUT2D eigenvalue weighted by Crippen LogP contribution is 2.31. The number of piperidine rings is 1. The number of aryl methyl sites for hydroxylation is 1. The van der Waals surface area contributed by atoms with Gasteiger partial charge in [-0.05, 0) is 58.2 Å². The molecule has 3 heterocycles. The van der Waals surface area contributed by atoms with Crippen LogP contribution in [0.1, 0.15) is 59.7 Å². The van der Waals surface area contributed by atoms with Crippen molar-refractivity contribution < 1.29 is 4.79 Å². The quantitative estimate of drug-likeness (QED) is 0.862. The molecule has 2 aromatic rings. The number of likely N-dealkylation sites (tertiary alicyclic amines) is 1. The largest absolute Gasteiger partial charge is 0.349 e. The van der Waals surface area contributed by atoms with E-state index in [2.05, 4.69) is 23.4 Å². The minimum atomic E-state index is 0.0992. The SMILES string of the molecule is CCn1c(C)cc(C(=O)N2CCCCC2c2ccccn2)c1C. The molecule has 1 amide bonds. The standard InChI is InChI=1S/C19H25N3O/c1-4-21-14(2)13-16(15(21)3)19(23)22-12-8-6-10-18(22)17-9-5-7-11-20-17/h5,7,9,11,13,18H,4,6,8,10,12H2,1-3H3. The van der Waals surface area contributed by atoms with Crippen LogP contribution in [0.4, 0.5) is 0 Å². The van der Waals surface area contributed by atoms with Gasteiger partial charge in [0.25, 0.3) is 5.91 Å². The first-order chi connectivity index (χ1) is 11.1. The van der Waals surface area contributed by atoms with E-state index in [9.17, 15) is 4.79 Å². The normalized spacial score (nSPS) is 18.2. The third-order valence-electron chi connectivity index (χ3n) is 4.91. The van der Waals surface area contributed by atoms with Gasteiger partial charge in [0.15, 0.2) is 0 Å². The van der Waals surface area contributed by atoms with E-state index in [0.29, 0.717) is 0 Å². The van der Waals surface area contributed by atoms with E-state index in [-0.39, 0.29) is 11.9 Å². The first-order valence-electron chi connectivity index (χ1n) is 8.52. The van der Waals surface area contributed by atoms with Crippen molar-refractivity contribution in [2.24, 2.45) is 0 Å². The number of hydrogen-bond donors (Lipinski definition) is 0. The monoisotopic (exact) mass is 311 g/mol. The number of pyridine rings is 1. The lowest BCUT2D eigenvalue weighted by atomic mass is 9.97. The summed E-state index contributed by atoms with van der Waals surface area (Å²) in [6.07, 6.45) is 5.03. The molecule has 1 aliphatic heterocycles. The number of hydrogen-bond acceptors (Lipinski definition) is 2. The van der Waals surface area contributed by atoms with Crippen molar-refractivity contribution in [3.63, 3.8) is 0 Å². The molecular weight excluding hydrogens is 286 g/mol. The first kappa shape index (κ1) is 15.8. The lowest BCUT2D eigenvalue weighted by molar-refractivity contribution is 0.0605. The third kappa shape index (κ3) is 2.90. The van der Waals surface area contributed by atoms with E-state index >= 15 is 0 Å². The van der Waals surface area contributed by atoms with Gasteiger partial charge in [0.2, 0.25) is 0 Å². The van der Waals surface area contributed by atoms with Gasteiger partial charge >= 0.3 is 0 Å². The number of aromatic nitrogens is 2. The van der Waals surface area contributed by atoms with Crippen molar-refractivity contribution in [3.05, 3.63) is 53.1 Å². The van der Waals surface area contributed by atoms with Crippen LogP contribution >= 0.6 is 0 Å². The zero-order chi connectivity index (χ0) is 16.4. The van der Waals surface area contributed by atoms with Crippen LogP contribution in [0.5, 0.6) is 0 Å². The summed E-state index contributed by atoms with van der Waals surface area (Å²) in [6.45, 7) is 7.94. The summed E-state index contributed by atoms with van der Waals surface area (Å²) in [5, 5.41) is 0. The minimum absolute atomic E-state index is 0.0992. The van der Waals surface area contributed by atoms with Crippen LogP contribution in [-0.4, -0.2) is 26.9 Å². The van der Waals surface area contributed by atoms with Gasteiger partial charge in [-0.3, -0.25) is 9.78 Å². The molecule has 1 atom stereocenters. The van der Waals surface area contributed by atoms with Crippen LogP contribution in [0.2, 0.25) is 0 Å². The van der Waals surface area contributed by atoms with Crippen molar-refractivity contribution in [3.8, 4) is 0 Å². The Morgan fingerprint density at radius 2 is 2.13 bits per heavy atom. The highest BCUT2D eigenvalue weighted by molar-refractivity contribution is 5.96. The fourth-order valence-corrected chi connectivity index (χ4v) is 3.71. The van der Waals surface area contributed by atoms with Gasteiger partial charge in [-0.15, -0.1) is 0 Å². The first-order valence-corrected chi connectivity index (χ1v) is 8.52. The van der Waals surface area contributed by atoms with Crippen LogP contribution in [0.25, 0.3) is 0 Å². The Bertz CT molecular complexity index is 690. The van der Waals surface area contributed by atoms with Crippen molar-refractivity contribution in [1.29, 1.82) is 0 Å². The summed E-state index contributed by atoms with van der Waals surface area (Å²) >= 11 is 0. The average Bonchev–Trinajstić information content (AvgIpc) is 2.89. The van der Waals surface area contributed by atoms with Crippen molar-refractivity contribution in [2.45, 2.75) is 52.6 Å². The van der Waals surface area contributed by atoms with E-state index in [4.69, 9.17) is 0 Å². The van der Waals surface area contributed by atoms with Gasteiger partial charge in [-0.1, -0.05) is 6.07 Å². The van der Waals surface area contributed by atoms with Crippen LogP contribution in [0.15, 0.2) is 30.5 Å². The maximum absolute atomic E-state index is 13.2. The molecule has 1 fully saturated rings. The van der Waals surface area contributed by atoms with E-state index in [1.165, 1.54) is 0 Å². The van der Waals surface area contributed by atoms with Crippen molar-refractivity contribution >= 4 is 5.91 Å². The van der Waals surface area contributed by atoms with Crippen LogP contribution in [0, 0.1) is 13.8 Å². The zero-order valence-electron chi connectivity index (χ0n) is 14.2. The zero-order valence-corrected chi connectivity index (χ0v) is 14.2. The lowest BCUT2D eigenvalue weighted by Gasteiger charge is -2.35. The molecule has 0 aromatic carbocycles. The molecule has 122 valence electrons. The predicted octanol–water partition coefficient (Wildman–Crippen LogP) is 3.89. The Morgan fingerprint density at radius 3 is 2.78 bits per heavy atom. The summed E-state index contributed by atoms with van der Waals surface area (Å²) in [4.78, 5) is 19.7. The van der Waals surface area contributed by atoms with E-state index in [1.54, 1.807) is 0 Å². The second kappa shape index (κ2) is 6.57. The predicted molar refractivity (Wildman–Crippen MR) is 91.4 cm³/mol. The van der Waals surface area contributed by atoms with E-state index in [1.807, 2.05) is 42.3 Å². The topological polar surface area (TPSA) is 38.1 Å². The Labute approximate surface area is 138 Å². The second-order valence-electron chi connectivity index (χ2n) is 6.29. The maximum Gasteiger partial charge on any atom is 0.256 e. The molecule has 3 rings (SSSR count). The summed E-state index contributed by atoms with van der Waals surface area (Å²) < 4.78 is 2.20. The minimum Gasteiger partial charge on any atom is -0.349 e. The summed E-state index contributed by atoms with van der Waals surface area (Å²) in [5.41, 5.74) is 4.07. The molecule has 0 radical (unpaired) electrons. The summed E-state index contributed by atoms with van der Waals surface area (Å²) in [5.74, 6) is 0.146. The van der Waals surface area contributed by atoms with E-state index < -0.39 is 0 Å². The van der Waals surface area contributed by atoms with E-state index in [0.717, 1.165) is 55.0 Å². The molecule has 4 heteroatoms. The number of carbonyl (C=O) groups excluding carboxylic acids is 1. The molecule has 1 saturated heterocycles. The Hall–Kier alpha value is -2.10. The highest BCUT2D eigenvalue weighted by atomic mass is 16.2. The summed E-state index contributed by atoms with van der Waals surface area (Å²) in [6, 6.07) is 8.09. The molecule has 1 unspecified atom stereocenters. The van der Waals surface area contributed by atoms with Crippen LogP contribution in [0.3, 0.4) is 0 Å².